The number of hydrogen-bond acceptors (Lipinski definition) is 4. The number of H-pyrrole nitrogens is 1. The Morgan fingerprint density at radius 2 is 2.12 bits per heavy atom. The minimum atomic E-state index is -0.479. The van der Waals surface area contributed by atoms with Gasteiger partial charge in [-0.25, -0.2) is 4.79 Å². The predicted octanol–water partition coefficient (Wildman–Crippen LogP) is 2.27. The molecule has 2 heterocycles. The molecule has 7 nitrogen and oxygen atoms in total. The topological polar surface area (TPSA) is 91.5 Å². The summed E-state index contributed by atoms with van der Waals surface area (Å²) in [6, 6.07) is 0. The van der Waals surface area contributed by atoms with Crippen molar-refractivity contribution in [1.82, 2.24) is 15.2 Å². The summed E-state index contributed by atoms with van der Waals surface area (Å²) in [5.74, 6) is 0.172. The highest BCUT2D eigenvalue weighted by Gasteiger charge is 2.20. The number of amides is 2. The van der Waals surface area contributed by atoms with Gasteiger partial charge in [0.15, 0.2) is 6.29 Å². The first kappa shape index (κ1) is 19.7. The summed E-state index contributed by atoms with van der Waals surface area (Å²) >= 11 is 0. The second-order valence-corrected chi connectivity index (χ2v) is 6.62. The van der Waals surface area contributed by atoms with Crippen LogP contribution in [0, 0.1) is 6.92 Å². The Kier molecular flexibility index (Phi) is 7.48. The van der Waals surface area contributed by atoms with Crippen LogP contribution in [0.15, 0.2) is 12.4 Å². The lowest BCUT2D eigenvalue weighted by Gasteiger charge is -2.20. The molecule has 0 bridgehead atoms. The van der Waals surface area contributed by atoms with Crippen molar-refractivity contribution in [2.24, 2.45) is 0 Å². The molecule has 0 atom stereocenters. The molecule has 0 radical (unpaired) electrons. The molecule has 2 rings (SSSR count). The molecule has 24 heavy (non-hydrogen) atoms. The number of nitrogens with zero attached hydrogens (tertiary/aromatic N) is 1. The molecule has 2 N–H and O–H groups in total. The van der Waals surface area contributed by atoms with Gasteiger partial charge in [-0.1, -0.05) is 0 Å². The third kappa shape index (κ3) is 7.30. The fourth-order valence-electron chi connectivity index (χ4n) is 2.13. The number of carbonyl (C=O) groups excluding carboxylic acids is 3. The molecule has 1 aromatic heterocycles. The van der Waals surface area contributed by atoms with E-state index in [9.17, 15) is 14.4 Å². The minimum Gasteiger partial charge on any atom is -0.444 e. The highest BCUT2D eigenvalue weighted by molar-refractivity contribution is 5.78. The molecule has 1 aromatic rings. The lowest BCUT2D eigenvalue weighted by Crippen LogP contribution is -2.38. The zero-order valence-electron chi connectivity index (χ0n) is 14.8. The Bertz CT molecular complexity index is 560. The average molecular weight is 337 g/mol. The van der Waals surface area contributed by atoms with Crippen LogP contribution in [0.4, 0.5) is 4.79 Å². The van der Waals surface area contributed by atoms with Gasteiger partial charge in [-0.15, -0.1) is 0 Å². The fraction of sp³-hybridized carbons (Fsp3) is 0.588. The summed E-state index contributed by atoms with van der Waals surface area (Å²) in [4.78, 5) is 37.2. The van der Waals surface area contributed by atoms with Gasteiger partial charge >= 0.3 is 6.09 Å². The van der Waals surface area contributed by atoms with Crippen molar-refractivity contribution in [2.45, 2.75) is 46.1 Å². The number of aromatic amines is 1. The number of likely N-dealkylation sites (tertiary alicyclic amines) is 1. The molecule has 0 spiro atoms. The van der Waals surface area contributed by atoms with Crippen LogP contribution in [-0.2, 0) is 9.53 Å². The number of hydrogen-bond donors (Lipinski definition) is 2. The molecule has 1 aliphatic rings. The van der Waals surface area contributed by atoms with Crippen LogP contribution in [0.5, 0.6) is 0 Å². The van der Waals surface area contributed by atoms with Crippen molar-refractivity contribution < 1.29 is 19.1 Å². The molecule has 1 aliphatic heterocycles. The first-order chi connectivity index (χ1) is 11.2. The van der Waals surface area contributed by atoms with Gasteiger partial charge in [0.25, 0.3) is 0 Å². The highest BCUT2D eigenvalue weighted by Crippen LogP contribution is 2.08. The summed E-state index contributed by atoms with van der Waals surface area (Å²) < 4.78 is 5.08. The van der Waals surface area contributed by atoms with Gasteiger partial charge in [0.2, 0.25) is 5.91 Å². The van der Waals surface area contributed by atoms with Gasteiger partial charge in [0.05, 0.1) is 0 Å². The van der Waals surface area contributed by atoms with Crippen LogP contribution >= 0.6 is 0 Å². The van der Waals surface area contributed by atoms with E-state index < -0.39 is 11.7 Å². The number of nitrogens with one attached hydrogen (secondary N) is 2. The first-order valence-electron chi connectivity index (χ1n) is 8.06. The number of alkyl carbamates (subject to hydrolysis) is 1. The average Bonchev–Trinajstić information content (AvgIpc) is 3.06. The first-order valence-corrected chi connectivity index (χ1v) is 8.06. The van der Waals surface area contributed by atoms with Crippen molar-refractivity contribution in [1.29, 1.82) is 0 Å². The number of aryl methyl sites for hydroxylation is 1. The van der Waals surface area contributed by atoms with Gasteiger partial charge in [0.1, 0.15) is 5.60 Å². The number of rotatable bonds is 4. The Morgan fingerprint density at radius 1 is 1.42 bits per heavy atom. The molecule has 0 saturated carbocycles. The smallest absolute Gasteiger partial charge is 0.407 e. The van der Waals surface area contributed by atoms with E-state index in [0.717, 1.165) is 30.4 Å². The van der Waals surface area contributed by atoms with Gasteiger partial charge in [-0.2, -0.15) is 0 Å². The van der Waals surface area contributed by atoms with Crippen LogP contribution in [0.25, 0.3) is 0 Å². The van der Waals surface area contributed by atoms with Crippen LogP contribution in [0.1, 0.15) is 49.5 Å². The van der Waals surface area contributed by atoms with E-state index in [1.807, 2.05) is 27.7 Å². The van der Waals surface area contributed by atoms with Crippen LogP contribution < -0.4 is 5.32 Å². The van der Waals surface area contributed by atoms with Crippen LogP contribution in [0.2, 0.25) is 0 Å². The summed E-state index contributed by atoms with van der Waals surface area (Å²) in [6.45, 7) is 9.15. The molecule has 1 fully saturated rings. The Hall–Kier alpha value is -2.31. The maximum atomic E-state index is 11.3. The van der Waals surface area contributed by atoms with E-state index in [4.69, 9.17) is 4.74 Å². The SMILES string of the molecule is CC(C)(C)OC(=O)NCCN1CCCC1=O.Cc1c[nH]cc1C=O. The molecule has 0 aliphatic carbocycles. The van der Waals surface area contributed by atoms with Gasteiger partial charge in [0, 0.05) is 44.0 Å². The largest absolute Gasteiger partial charge is 0.444 e. The zero-order valence-corrected chi connectivity index (χ0v) is 14.8. The molecule has 7 heteroatoms. The lowest BCUT2D eigenvalue weighted by atomic mass is 10.2. The van der Waals surface area contributed by atoms with E-state index in [0.29, 0.717) is 19.5 Å². The predicted molar refractivity (Wildman–Crippen MR) is 91.0 cm³/mol. The van der Waals surface area contributed by atoms with Crippen LogP contribution in [0.3, 0.4) is 0 Å². The van der Waals surface area contributed by atoms with E-state index in [-0.39, 0.29) is 5.91 Å². The maximum Gasteiger partial charge on any atom is 0.407 e. The highest BCUT2D eigenvalue weighted by atomic mass is 16.6. The second kappa shape index (κ2) is 9.10. The van der Waals surface area contributed by atoms with E-state index in [1.54, 1.807) is 17.3 Å². The molecular formula is C17H27N3O4. The Balaban J connectivity index is 0.000000300. The Labute approximate surface area is 142 Å². The summed E-state index contributed by atoms with van der Waals surface area (Å²) in [7, 11) is 0. The number of aromatic nitrogens is 1. The van der Waals surface area contributed by atoms with E-state index in [2.05, 4.69) is 10.3 Å². The number of carbonyl (C=O) groups is 3. The summed E-state index contributed by atoms with van der Waals surface area (Å²) in [6.07, 6.45) is 5.44. The van der Waals surface area contributed by atoms with E-state index >= 15 is 0 Å². The standard InChI is InChI=1S/C11H20N2O3.C6H7NO/c1-11(2,3)16-10(15)12-6-8-13-7-4-5-9(13)14;1-5-2-7-3-6(5)4-8/h4-8H2,1-3H3,(H,12,15);2-4,7H,1H3. The molecule has 2 amide bonds. The number of aldehydes is 1. The molecular weight excluding hydrogens is 310 g/mol. The van der Waals surface area contributed by atoms with Crippen molar-refractivity contribution in [2.75, 3.05) is 19.6 Å². The monoisotopic (exact) mass is 337 g/mol. The normalized spacial score (nSPS) is 14.0. The third-order valence-corrected chi connectivity index (χ3v) is 3.34. The third-order valence-electron chi connectivity index (χ3n) is 3.34. The van der Waals surface area contributed by atoms with Gasteiger partial charge in [-0.3, -0.25) is 9.59 Å². The number of ether oxygens (including phenoxy) is 1. The zero-order chi connectivity index (χ0) is 18.2. The summed E-state index contributed by atoms with van der Waals surface area (Å²) in [5.41, 5.74) is 1.26. The second-order valence-electron chi connectivity index (χ2n) is 6.62. The van der Waals surface area contributed by atoms with Crippen molar-refractivity contribution >= 4 is 18.3 Å². The van der Waals surface area contributed by atoms with Crippen molar-refractivity contribution in [3.8, 4) is 0 Å². The molecule has 1 saturated heterocycles. The Morgan fingerprint density at radius 3 is 2.54 bits per heavy atom. The minimum absolute atomic E-state index is 0.172. The quantitative estimate of drug-likeness (QED) is 0.825. The van der Waals surface area contributed by atoms with Crippen molar-refractivity contribution in [3.63, 3.8) is 0 Å². The van der Waals surface area contributed by atoms with E-state index in [1.165, 1.54) is 0 Å². The molecule has 134 valence electrons. The fourth-order valence-corrected chi connectivity index (χ4v) is 2.13. The lowest BCUT2D eigenvalue weighted by molar-refractivity contribution is -0.127. The molecule has 0 aromatic carbocycles. The van der Waals surface area contributed by atoms with Gasteiger partial charge in [-0.05, 0) is 39.7 Å². The summed E-state index contributed by atoms with van der Waals surface area (Å²) in [5, 5.41) is 2.63. The van der Waals surface area contributed by atoms with Crippen molar-refractivity contribution in [3.05, 3.63) is 23.5 Å². The van der Waals surface area contributed by atoms with Gasteiger partial charge < -0.3 is 19.9 Å². The van der Waals surface area contributed by atoms with Crippen LogP contribution in [-0.4, -0.2) is 53.4 Å². The maximum absolute atomic E-state index is 11.3. The molecule has 0 unspecified atom stereocenters.